The van der Waals surface area contributed by atoms with Crippen LogP contribution in [0, 0.1) is 0 Å². The summed E-state index contributed by atoms with van der Waals surface area (Å²) < 4.78 is 5.71. The van der Waals surface area contributed by atoms with Gasteiger partial charge < -0.3 is 14.5 Å². The van der Waals surface area contributed by atoms with Crippen LogP contribution < -0.4 is 0 Å². The van der Waals surface area contributed by atoms with Gasteiger partial charge in [0.25, 0.3) is 0 Å². The maximum atomic E-state index is 13.3. The van der Waals surface area contributed by atoms with Gasteiger partial charge >= 0.3 is 0 Å². The Morgan fingerprint density at radius 1 is 1.22 bits per heavy atom. The molecule has 0 aromatic heterocycles. The Kier molecular flexibility index (Phi) is 4.84. The van der Waals surface area contributed by atoms with E-state index in [1.807, 2.05) is 30.3 Å². The number of fused-ring (bicyclic) bond motifs is 1. The van der Waals surface area contributed by atoms with Crippen molar-refractivity contribution in [3.05, 3.63) is 35.9 Å². The number of hydrogen-bond acceptors (Lipinski definition) is 5. The summed E-state index contributed by atoms with van der Waals surface area (Å²) in [6, 6.07) is 8.57. The van der Waals surface area contributed by atoms with Crippen LogP contribution in [-0.4, -0.2) is 83.6 Å². The van der Waals surface area contributed by atoms with Crippen molar-refractivity contribution in [3.63, 3.8) is 0 Å². The first kappa shape index (κ1) is 17.9. The smallest absolute Gasteiger partial charge is 0.250 e. The monoisotopic (exact) mass is 372 g/mol. The van der Waals surface area contributed by atoms with Crippen LogP contribution in [0.1, 0.15) is 24.4 Å². The highest BCUT2D eigenvalue weighted by Gasteiger charge is 2.49. The second-order valence-corrected chi connectivity index (χ2v) is 7.27. The van der Waals surface area contributed by atoms with E-state index in [-0.39, 0.29) is 31.0 Å². The Bertz CT molecular complexity index is 722. The summed E-state index contributed by atoms with van der Waals surface area (Å²) in [5.74, 6) is -0.267. The van der Waals surface area contributed by atoms with Gasteiger partial charge in [0.1, 0.15) is 12.2 Å². The maximum absolute atomic E-state index is 13.3. The van der Waals surface area contributed by atoms with E-state index >= 15 is 0 Å². The van der Waals surface area contributed by atoms with Crippen molar-refractivity contribution in [1.82, 2.24) is 19.8 Å². The summed E-state index contributed by atoms with van der Waals surface area (Å²) in [7, 11) is 1.71. The molecule has 27 heavy (non-hydrogen) atoms. The third-order valence-corrected chi connectivity index (χ3v) is 5.55. The van der Waals surface area contributed by atoms with Crippen LogP contribution in [0.3, 0.4) is 0 Å². The molecule has 3 fully saturated rings. The third kappa shape index (κ3) is 3.19. The molecule has 0 bridgehead atoms. The van der Waals surface area contributed by atoms with Gasteiger partial charge in [-0.25, -0.2) is 5.01 Å². The van der Waals surface area contributed by atoms with Crippen LogP contribution in [0.5, 0.6) is 0 Å². The van der Waals surface area contributed by atoms with Gasteiger partial charge in [-0.05, 0) is 18.4 Å². The summed E-state index contributed by atoms with van der Waals surface area (Å²) in [4.78, 5) is 41.2. The maximum Gasteiger partial charge on any atom is 0.250 e. The average Bonchev–Trinajstić information content (AvgIpc) is 3.17. The summed E-state index contributed by atoms with van der Waals surface area (Å²) >= 11 is 0. The fourth-order valence-corrected chi connectivity index (χ4v) is 4.23. The molecule has 3 saturated heterocycles. The van der Waals surface area contributed by atoms with Crippen molar-refractivity contribution >= 4 is 18.2 Å². The van der Waals surface area contributed by atoms with Gasteiger partial charge in [0, 0.05) is 20.2 Å². The number of amides is 3. The minimum Gasteiger partial charge on any atom is -0.376 e. The number of carbonyl (C=O) groups is 3. The molecule has 144 valence electrons. The van der Waals surface area contributed by atoms with Gasteiger partial charge in [0.15, 0.2) is 0 Å². The quantitative estimate of drug-likeness (QED) is 0.707. The molecule has 0 spiro atoms. The predicted molar refractivity (Wildman–Crippen MR) is 95.9 cm³/mol. The van der Waals surface area contributed by atoms with Crippen molar-refractivity contribution in [3.8, 4) is 0 Å². The van der Waals surface area contributed by atoms with Gasteiger partial charge in [-0.15, -0.1) is 0 Å². The van der Waals surface area contributed by atoms with E-state index in [1.165, 1.54) is 5.01 Å². The van der Waals surface area contributed by atoms with Crippen LogP contribution in [0.2, 0.25) is 0 Å². The van der Waals surface area contributed by atoms with E-state index in [0.29, 0.717) is 13.2 Å². The van der Waals surface area contributed by atoms with Gasteiger partial charge in [-0.1, -0.05) is 30.3 Å². The zero-order chi connectivity index (χ0) is 19.0. The Balaban J connectivity index is 1.70. The van der Waals surface area contributed by atoms with Crippen molar-refractivity contribution in [1.29, 1.82) is 0 Å². The molecule has 3 atom stereocenters. The Labute approximate surface area is 158 Å². The fraction of sp³-hybridized carbons (Fsp3) is 0.526. The van der Waals surface area contributed by atoms with Crippen LogP contribution in [0.15, 0.2) is 30.3 Å². The molecule has 2 unspecified atom stereocenters. The molecule has 0 radical (unpaired) electrons. The lowest BCUT2D eigenvalue weighted by molar-refractivity contribution is -0.197. The first-order valence-corrected chi connectivity index (χ1v) is 9.31. The molecule has 0 aliphatic carbocycles. The number of hydrogen-bond donors (Lipinski definition) is 0. The van der Waals surface area contributed by atoms with Crippen molar-refractivity contribution in [2.75, 3.05) is 33.3 Å². The number of carbonyl (C=O) groups excluding carboxylic acids is 3. The number of benzene rings is 1. The van der Waals surface area contributed by atoms with Gasteiger partial charge in [-0.2, -0.15) is 0 Å². The minimum atomic E-state index is -0.727. The van der Waals surface area contributed by atoms with Crippen LogP contribution in [0.4, 0.5) is 0 Å². The van der Waals surface area contributed by atoms with Crippen molar-refractivity contribution in [2.24, 2.45) is 0 Å². The van der Waals surface area contributed by atoms with E-state index in [1.54, 1.807) is 21.9 Å². The number of hydrazine groups is 1. The summed E-state index contributed by atoms with van der Waals surface area (Å²) in [5.41, 5.74) is 0.758. The number of piperazine rings is 1. The Hall–Kier alpha value is -2.45. The molecule has 3 heterocycles. The molecule has 3 aliphatic rings. The molecule has 3 aliphatic heterocycles. The lowest BCUT2D eigenvalue weighted by atomic mass is 9.98. The highest BCUT2D eigenvalue weighted by Crippen LogP contribution is 2.34. The zero-order valence-corrected chi connectivity index (χ0v) is 15.4. The summed E-state index contributed by atoms with van der Waals surface area (Å²) in [5, 5.41) is 3.12. The first-order chi connectivity index (χ1) is 13.1. The van der Waals surface area contributed by atoms with E-state index in [9.17, 15) is 14.4 Å². The average molecular weight is 372 g/mol. The van der Waals surface area contributed by atoms with Crippen LogP contribution in [0.25, 0.3) is 0 Å². The van der Waals surface area contributed by atoms with Crippen LogP contribution >= 0.6 is 0 Å². The fourth-order valence-electron chi connectivity index (χ4n) is 4.23. The van der Waals surface area contributed by atoms with Crippen LogP contribution in [-0.2, 0) is 19.1 Å². The lowest BCUT2D eigenvalue weighted by Crippen LogP contribution is -2.71. The molecule has 0 N–H and O–H groups in total. The molecule has 8 nitrogen and oxygen atoms in total. The standard InChI is InChI=1S/C19H24N4O4/c1-20-12-17(25)23-16(22(20)13-24)11-21(10-15-8-5-9-27-15)19(26)18(23)14-6-3-2-4-7-14/h2-4,6-7,13,15-16,18H,5,8-12H2,1H3/t15?,16?,18-/m0/s1. The molecule has 0 saturated carbocycles. The molecule has 4 rings (SSSR count). The summed E-state index contributed by atoms with van der Waals surface area (Å²) in [6.45, 7) is 1.55. The van der Waals surface area contributed by atoms with E-state index in [2.05, 4.69) is 0 Å². The highest BCUT2D eigenvalue weighted by molar-refractivity contribution is 5.91. The van der Waals surface area contributed by atoms with Gasteiger partial charge in [0.05, 0.1) is 19.2 Å². The van der Waals surface area contributed by atoms with Gasteiger partial charge in [-0.3, -0.25) is 19.4 Å². The van der Waals surface area contributed by atoms with E-state index in [4.69, 9.17) is 4.74 Å². The molecule has 8 heteroatoms. The van der Waals surface area contributed by atoms with E-state index < -0.39 is 12.2 Å². The predicted octanol–water partition coefficient (Wildman–Crippen LogP) is 0.222. The van der Waals surface area contributed by atoms with Gasteiger partial charge in [0.2, 0.25) is 18.2 Å². The topological polar surface area (TPSA) is 73.4 Å². The molecular formula is C19H24N4O4. The number of likely N-dealkylation sites (N-methyl/N-ethyl adjacent to an activating group) is 1. The number of rotatable bonds is 4. The summed E-state index contributed by atoms with van der Waals surface area (Å²) in [6.07, 6.45) is 2.14. The zero-order valence-electron chi connectivity index (χ0n) is 15.4. The first-order valence-electron chi connectivity index (χ1n) is 9.31. The SMILES string of the molecule is CN1CC(=O)N2C(CN(CC3CCCO3)C(=O)[C@@H]2c2ccccc2)N1C=O. The lowest BCUT2D eigenvalue weighted by Gasteiger charge is -2.53. The normalized spacial score (nSPS) is 29.2. The Morgan fingerprint density at radius 2 is 2.00 bits per heavy atom. The molecule has 3 amide bonds. The molecule has 1 aromatic rings. The minimum absolute atomic E-state index is 0.0126. The van der Waals surface area contributed by atoms with Crippen molar-refractivity contribution in [2.45, 2.75) is 31.2 Å². The Morgan fingerprint density at radius 3 is 2.67 bits per heavy atom. The second kappa shape index (κ2) is 7.28. The number of nitrogens with zero attached hydrogens (tertiary/aromatic N) is 4. The largest absolute Gasteiger partial charge is 0.376 e. The number of ether oxygens (including phenoxy) is 1. The molecule has 1 aromatic carbocycles. The van der Waals surface area contributed by atoms with E-state index in [0.717, 1.165) is 24.8 Å². The molecular weight excluding hydrogens is 348 g/mol. The second-order valence-electron chi connectivity index (χ2n) is 7.27. The van der Waals surface area contributed by atoms with Crippen molar-refractivity contribution < 1.29 is 19.1 Å². The highest BCUT2D eigenvalue weighted by atomic mass is 16.5. The third-order valence-electron chi connectivity index (χ3n) is 5.55.